The van der Waals surface area contributed by atoms with E-state index < -0.39 is 10.0 Å². The molecule has 4 nitrogen and oxygen atoms in total. The first kappa shape index (κ1) is 15.5. The minimum absolute atomic E-state index is 0.0656. The zero-order valence-electron chi connectivity index (χ0n) is 12.3. The van der Waals surface area contributed by atoms with Crippen LogP contribution in [0.1, 0.15) is 36.8 Å². The molecule has 1 fully saturated rings. The number of sulfonamides is 1. The van der Waals surface area contributed by atoms with E-state index in [1.165, 1.54) is 0 Å². The van der Waals surface area contributed by atoms with Crippen molar-refractivity contribution in [2.45, 2.75) is 50.5 Å². The lowest BCUT2D eigenvalue weighted by atomic mass is 10.1. The molecule has 0 amide bonds. The topological polar surface area (TPSA) is 63.4 Å². The number of nitrogens with zero attached hydrogens (tertiary/aromatic N) is 1. The fraction of sp³-hybridized carbons (Fsp3) is 0.600. The fourth-order valence-corrected chi connectivity index (χ4v) is 4.50. The van der Waals surface area contributed by atoms with E-state index in [4.69, 9.17) is 5.73 Å². The highest BCUT2D eigenvalue weighted by Gasteiger charge is 2.31. The first-order valence-electron chi connectivity index (χ1n) is 7.26. The third-order valence-corrected chi connectivity index (χ3v) is 6.13. The van der Waals surface area contributed by atoms with Crippen LogP contribution in [-0.4, -0.2) is 31.9 Å². The average molecular weight is 296 g/mol. The Morgan fingerprint density at radius 2 is 1.95 bits per heavy atom. The third-order valence-electron chi connectivity index (χ3n) is 4.18. The van der Waals surface area contributed by atoms with Gasteiger partial charge < -0.3 is 5.73 Å². The van der Waals surface area contributed by atoms with Gasteiger partial charge in [-0.15, -0.1) is 0 Å². The van der Waals surface area contributed by atoms with Gasteiger partial charge in [0.1, 0.15) is 0 Å². The van der Waals surface area contributed by atoms with Crippen LogP contribution in [0.3, 0.4) is 0 Å². The van der Waals surface area contributed by atoms with E-state index in [-0.39, 0.29) is 6.04 Å². The normalized spacial score (nSPS) is 21.6. The maximum atomic E-state index is 12.8. The predicted octanol–water partition coefficient (Wildman–Crippen LogP) is 2.20. The molecule has 0 aromatic heterocycles. The minimum Gasteiger partial charge on any atom is -0.329 e. The van der Waals surface area contributed by atoms with Gasteiger partial charge in [0.25, 0.3) is 0 Å². The van der Waals surface area contributed by atoms with Gasteiger partial charge in [-0.1, -0.05) is 18.9 Å². The van der Waals surface area contributed by atoms with Crippen LogP contribution in [0.2, 0.25) is 0 Å². The predicted molar refractivity (Wildman–Crippen MR) is 81.1 cm³/mol. The highest BCUT2D eigenvalue weighted by molar-refractivity contribution is 7.89. The summed E-state index contributed by atoms with van der Waals surface area (Å²) in [5.74, 6) is 0. The summed E-state index contributed by atoms with van der Waals surface area (Å²) >= 11 is 0. The molecule has 1 aromatic rings. The van der Waals surface area contributed by atoms with Crippen LogP contribution in [0.15, 0.2) is 23.1 Å². The standard InChI is InChI=1S/C15H24N2O2S/c1-12-7-8-15(10-13(12)2)20(18,19)17-9-5-3-4-6-14(17)11-16/h7-8,10,14H,3-6,9,11,16H2,1-2H3. The first-order chi connectivity index (χ1) is 9.46. The summed E-state index contributed by atoms with van der Waals surface area (Å²) in [6.07, 6.45) is 3.91. The molecular weight excluding hydrogens is 272 g/mol. The lowest BCUT2D eigenvalue weighted by Crippen LogP contribution is -2.44. The number of hydrogen-bond acceptors (Lipinski definition) is 3. The summed E-state index contributed by atoms with van der Waals surface area (Å²) in [5, 5.41) is 0. The lowest BCUT2D eigenvalue weighted by molar-refractivity contribution is 0.328. The summed E-state index contributed by atoms with van der Waals surface area (Å²) < 4.78 is 27.3. The summed E-state index contributed by atoms with van der Waals surface area (Å²) in [4.78, 5) is 0.390. The molecule has 0 spiro atoms. The molecule has 0 bridgehead atoms. The second-order valence-corrected chi connectivity index (χ2v) is 7.49. The lowest BCUT2D eigenvalue weighted by Gasteiger charge is -2.28. The Labute approximate surface area is 122 Å². The average Bonchev–Trinajstić information content (AvgIpc) is 2.67. The molecule has 5 heteroatoms. The van der Waals surface area contributed by atoms with Crippen molar-refractivity contribution in [3.05, 3.63) is 29.3 Å². The Morgan fingerprint density at radius 1 is 1.20 bits per heavy atom. The molecule has 112 valence electrons. The van der Waals surface area contributed by atoms with Gasteiger partial charge in [0.05, 0.1) is 4.90 Å². The second-order valence-electron chi connectivity index (χ2n) is 5.60. The van der Waals surface area contributed by atoms with Gasteiger partial charge in [-0.2, -0.15) is 4.31 Å². The van der Waals surface area contributed by atoms with Crippen LogP contribution in [-0.2, 0) is 10.0 Å². The molecule has 1 aromatic carbocycles. The van der Waals surface area contributed by atoms with Crippen molar-refractivity contribution in [1.29, 1.82) is 0 Å². The van der Waals surface area contributed by atoms with E-state index >= 15 is 0 Å². The molecule has 1 aliphatic heterocycles. The zero-order valence-corrected chi connectivity index (χ0v) is 13.1. The van der Waals surface area contributed by atoms with Crippen molar-refractivity contribution < 1.29 is 8.42 Å². The van der Waals surface area contributed by atoms with Gasteiger partial charge in [0.15, 0.2) is 0 Å². The number of rotatable bonds is 3. The Hall–Kier alpha value is -0.910. The van der Waals surface area contributed by atoms with Crippen LogP contribution in [0.4, 0.5) is 0 Å². The van der Waals surface area contributed by atoms with Crippen LogP contribution >= 0.6 is 0 Å². The number of aryl methyl sites for hydroxylation is 2. The van der Waals surface area contributed by atoms with Gasteiger partial charge in [-0.05, 0) is 49.9 Å². The van der Waals surface area contributed by atoms with Gasteiger partial charge in [0, 0.05) is 19.1 Å². The minimum atomic E-state index is -3.43. The second kappa shape index (κ2) is 6.24. The van der Waals surface area contributed by atoms with Crippen LogP contribution in [0.25, 0.3) is 0 Å². The smallest absolute Gasteiger partial charge is 0.243 e. The molecule has 1 aliphatic rings. The van der Waals surface area contributed by atoms with E-state index in [2.05, 4.69) is 0 Å². The molecule has 2 rings (SSSR count). The summed E-state index contributed by atoms with van der Waals surface area (Å²) in [7, 11) is -3.43. The van der Waals surface area contributed by atoms with E-state index in [1.807, 2.05) is 19.9 Å². The highest BCUT2D eigenvalue weighted by atomic mass is 32.2. The fourth-order valence-electron chi connectivity index (χ4n) is 2.71. The Kier molecular flexibility index (Phi) is 4.83. The SMILES string of the molecule is Cc1ccc(S(=O)(=O)N2CCCCCC2CN)cc1C. The first-order valence-corrected chi connectivity index (χ1v) is 8.70. The van der Waals surface area contributed by atoms with Crippen molar-refractivity contribution in [3.63, 3.8) is 0 Å². The molecule has 1 saturated heterocycles. The molecule has 0 radical (unpaired) electrons. The Morgan fingerprint density at radius 3 is 2.60 bits per heavy atom. The molecule has 1 unspecified atom stereocenters. The maximum absolute atomic E-state index is 12.8. The van der Waals surface area contributed by atoms with Crippen molar-refractivity contribution in [1.82, 2.24) is 4.31 Å². The Balaban J connectivity index is 2.38. The summed E-state index contributed by atoms with van der Waals surface area (Å²) in [5.41, 5.74) is 7.90. The highest BCUT2D eigenvalue weighted by Crippen LogP contribution is 2.25. The van der Waals surface area contributed by atoms with E-state index in [0.717, 1.165) is 36.8 Å². The molecule has 1 heterocycles. The van der Waals surface area contributed by atoms with E-state index in [1.54, 1.807) is 16.4 Å². The largest absolute Gasteiger partial charge is 0.329 e. The van der Waals surface area contributed by atoms with Crippen molar-refractivity contribution in [2.75, 3.05) is 13.1 Å². The molecule has 20 heavy (non-hydrogen) atoms. The van der Waals surface area contributed by atoms with E-state index in [0.29, 0.717) is 18.0 Å². The summed E-state index contributed by atoms with van der Waals surface area (Å²) in [6, 6.07) is 5.28. The van der Waals surface area contributed by atoms with Gasteiger partial charge in [-0.25, -0.2) is 8.42 Å². The number of benzene rings is 1. The van der Waals surface area contributed by atoms with E-state index in [9.17, 15) is 8.42 Å². The zero-order chi connectivity index (χ0) is 14.8. The monoisotopic (exact) mass is 296 g/mol. The van der Waals surface area contributed by atoms with Crippen molar-refractivity contribution in [3.8, 4) is 0 Å². The van der Waals surface area contributed by atoms with Crippen molar-refractivity contribution >= 4 is 10.0 Å². The van der Waals surface area contributed by atoms with Gasteiger partial charge in [0.2, 0.25) is 10.0 Å². The number of hydrogen-bond donors (Lipinski definition) is 1. The van der Waals surface area contributed by atoms with Gasteiger partial charge in [-0.3, -0.25) is 0 Å². The Bertz CT molecular complexity index is 569. The van der Waals surface area contributed by atoms with Crippen LogP contribution < -0.4 is 5.73 Å². The third kappa shape index (κ3) is 3.05. The maximum Gasteiger partial charge on any atom is 0.243 e. The molecule has 0 saturated carbocycles. The van der Waals surface area contributed by atoms with Crippen LogP contribution in [0, 0.1) is 13.8 Å². The van der Waals surface area contributed by atoms with Crippen molar-refractivity contribution in [2.24, 2.45) is 5.73 Å². The quantitative estimate of drug-likeness (QED) is 0.930. The van der Waals surface area contributed by atoms with Gasteiger partial charge >= 0.3 is 0 Å². The summed E-state index contributed by atoms with van der Waals surface area (Å²) in [6.45, 7) is 4.90. The van der Waals surface area contributed by atoms with Crippen LogP contribution in [0.5, 0.6) is 0 Å². The molecule has 1 atom stereocenters. The molecule has 0 aliphatic carbocycles. The molecule has 2 N–H and O–H groups in total. The molecular formula is C15H24N2O2S. The number of nitrogens with two attached hydrogens (primary N) is 1.